The molecule has 3 amide bonds. The van der Waals surface area contributed by atoms with Crippen LogP contribution < -0.4 is 10.6 Å². The van der Waals surface area contributed by atoms with Crippen molar-refractivity contribution in [2.75, 3.05) is 13.2 Å². The number of thioether (sulfide) groups is 1. The molecule has 3 N–H and O–H groups in total. The van der Waals surface area contributed by atoms with Crippen LogP contribution in [0.5, 0.6) is 0 Å². The number of rotatable bonds is 8. The van der Waals surface area contributed by atoms with Gasteiger partial charge in [-0.3, -0.25) is 14.4 Å². The summed E-state index contributed by atoms with van der Waals surface area (Å²) in [5.41, 5.74) is 0. The third-order valence-corrected chi connectivity index (χ3v) is 9.55. The fourth-order valence-electron chi connectivity index (χ4n) is 5.20. The van der Waals surface area contributed by atoms with Crippen molar-refractivity contribution < 1.29 is 19.5 Å². The number of aliphatic hydroxyl groups excluding tert-OH is 1. The third kappa shape index (κ3) is 3.61. The van der Waals surface area contributed by atoms with Crippen molar-refractivity contribution in [2.45, 2.75) is 79.9 Å². The van der Waals surface area contributed by atoms with Gasteiger partial charge in [-0.05, 0) is 33.1 Å². The zero-order chi connectivity index (χ0) is 21.5. The molecule has 0 saturated carbocycles. The van der Waals surface area contributed by atoms with Gasteiger partial charge in [0, 0.05) is 22.7 Å². The molecule has 3 saturated heterocycles. The van der Waals surface area contributed by atoms with Gasteiger partial charge < -0.3 is 20.6 Å². The van der Waals surface area contributed by atoms with Gasteiger partial charge in [-0.2, -0.15) is 0 Å². The first-order valence-electron chi connectivity index (χ1n) is 10.6. The Kier molecular flexibility index (Phi) is 6.90. The molecule has 164 valence electrons. The van der Waals surface area contributed by atoms with E-state index in [1.807, 2.05) is 27.7 Å². The molecule has 0 aromatic heterocycles. The van der Waals surface area contributed by atoms with Crippen LogP contribution in [-0.4, -0.2) is 73.8 Å². The Bertz CT molecular complexity index is 674. The van der Waals surface area contributed by atoms with Crippen molar-refractivity contribution in [3.05, 3.63) is 0 Å². The zero-order valence-corrected chi connectivity index (χ0v) is 19.9. The fraction of sp³-hybridized carbons (Fsp3) is 0.850. The Hall–Kier alpha value is -0.800. The molecule has 0 aliphatic carbocycles. The number of halogens is 1. The Labute approximate surface area is 185 Å². The fourth-order valence-corrected chi connectivity index (χ4v) is 8.80. The van der Waals surface area contributed by atoms with Crippen molar-refractivity contribution in [3.63, 3.8) is 0 Å². The van der Waals surface area contributed by atoms with E-state index in [2.05, 4.69) is 26.6 Å². The lowest BCUT2D eigenvalue weighted by atomic mass is 9.70. The molecule has 3 aliphatic heterocycles. The van der Waals surface area contributed by atoms with Crippen LogP contribution in [0, 0.1) is 11.8 Å². The average molecular weight is 490 g/mol. The van der Waals surface area contributed by atoms with Gasteiger partial charge >= 0.3 is 0 Å². The van der Waals surface area contributed by atoms with E-state index in [0.29, 0.717) is 19.4 Å². The highest BCUT2D eigenvalue weighted by Gasteiger charge is 2.76. The van der Waals surface area contributed by atoms with Crippen LogP contribution in [0.25, 0.3) is 0 Å². The number of fused-ring (bicyclic) bond motifs is 1. The summed E-state index contributed by atoms with van der Waals surface area (Å²) in [5, 5.41) is 15.8. The molecule has 1 spiro atoms. The molecule has 9 heteroatoms. The van der Waals surface area contributed by atoms with Crippen LogP contribution in [0.4, 0.5) is 0 Å². The highest BCUT2D eigenvalue weighted by Crippen LogP contribution is 2.67. The monoisotopic (exact) mass is 489 g/mol. The van der Waals surface area contributed by atoms with E-state index < -0.39 is 28.7 Å². The summed E-state index contributed by atoms with van der Waals surface area (Å²) >= 11 is 5.35. The van der Waals surface area contributed by atoms with Crippen LogP contribution in [0.2, 0.25) is 0 Å². The molecule has 0 radical (unpaired) electrons. The normalized spacial score (nSPS) is 36.4. The maximum atomic E-state index is 13.7. The number of alkyl halides is 1. The van der Waals surface area contributed by atoms with Gasteiger partial charge in [0.25, 0.3) is 0 Å². The van der Waals surface area contributed by atoms with Crippen LogP contribution in [-0.2, 0) is 14.4 Å². The third-order valence-electron chi connectivity index (χ3n) is 6.33. The number of nitrogens with zero attached hydrogens (tertiary/aromatic N) is 1. The number of carbonyl (C=O) groups is 3. The Morgan fingerprint density at radius 2 is 2.03 bits per heavy atom. The number of carbonyl (C=O) groups excluding carboxylic acids is 3. The van der Waals surface area contributed by atoms with Crippen molar-refractivity contribution >= 4 is 45.4 Å². The summed E-state index contributed by atoms with van der Waals surface area (Å²) < 4.78 is -0.647. The standard InChI is InChI=1S/C20H32BrN3O4S/c1-5-7-22-17(26)13-14-19(28)24(11(6-2)9-25)16(18(27)23-10(3)4)20(14)8-12(21)15(13)29-20/h10-16,25H,5-9H2,1-4H3,(H,22,26)(H,23,27)/t11-,12?,13+,14-,15+,16?,20?/m0/s1. The van der Waals surface area contributed by atoms with Crippen molar-refractivity contribution in [2.24, 2.45) is 11.8 Å². The molecule has 2 bridgehead atoms. The number of aliphatic hydroxyl groups is 1. The molecule has 3 aliphatic rings. The quantitative estimate of drug-likeness (QED) is 0.446. The lowest BCUT2D eigenvalue weighted by Crippen LogP contribution is -2.57. The molecule has 29 heavy (non-hydrogen) atoms. The second-order valence-corrected chi connectivity index (χ2v) is 11.3. The van der Waals surface area contributed by atoms with Gasteiger partial charge in [0.2, 0.25) is 17.7 Å². The predicted octanol–water partition coefficient (Wildman–Crippen LogP) is 1.27. The summed E-state index contributed by atoms with van der Waals surface area (Å²) in [6.45, 7) is 8.06. The topological polar surface area (TPSA) is 98.7 Å². The molecule has 3 heterocycles. The highest BCUT2D eigenvalue weighted by atomic mass is 79.9. The van der Waals surface area contributed by atoms with E-state index in [1.54, 1.807) is 16.7 Å². The smallest absolute Gasteiger partial charge is 0.244 e. The van der Waals surface area contributed by atoms with Gasteiger partial charge in [0.1, 0.15) is 6.04 Å². The van der Waals surface area contributed by atoms with E-state index in [0.717, 1.165) is 6.42 Å². The van der Waals surface area contributed by atoms with E-state index in [-0.39, 0.29) is 40.4 Å². The van der Waals surface area contributed by atoms with E-state index in [9.17, 15) is 19.5 Å². The molecular formula is C20H32BrN3O4S. The highest BCUT2D eigenvalue weighted by molar-refractivity contribution is 9.09. The summed E-state index contributed by atoms with van der Waals surface area (Å²) in [7, 11) is 0. The second-order valence-electron chi connectivity index (χ2n) is 8.61. The lowest BCUT2D eigenvalue weighted by Gasteiger charge is -2.37. The first-order chi connectivity index (χ1) is 13.7. The lowest BCUT2D eigenvalue weighted by molar-refractivity contribution is -0.142. The van der Waals surface area contributed by atoms with Crippen molar-refractivity contribution in [1.29, 1.82) is 0 Å². The largest absolute Gasteiger partial charge is 0.394 e. The molecule has 0 aromatic rings. The minimum Gasteiger partial charge on any atom is -0.394 e. The van der Waals surface area contributed by atoms with Crippen molar-refractivity contribution in [3.8, 4) is 0 Å². The summed E-state index contributed by atoms with van der Waals surface area (Å²) in [6.07, 6.45) is 2.03. The molecule has 7 atom stereocenters. The number of amides is 3. The van der Waals surface area contributed by atoms with Crippen LogP contribution in [0.15, 0.2) is 0 Å². The van der Waals surface area contributed by atoms with Crippen LogP contribution in [0.3, 0.4) is 0 Å². The molecule has 3 rings (SSSR count). The first kappa shape index (κ1) is 22.9. The molecule has 3 unspecified atom stereocenters. The van der Waals surface area contributed by atoms with Gasteiger partial charge in [0.05, 0.1) is 29.2 Å². The SMILES string of the molecule is CCCNC(=O)[C@H]1[C@@H]2SC3(CC2Br)C(C(=O)NC(C)C)N([C@@H](CC)CO)C(=O)[C@H]13. The first-order valence-corrected chi connectivity index (χ1v) is 12.4. The summed E-state index contributed by atoms with van der Waals surface area (Å²) in [5.74, 6) is -1.46. The maximum Gasteiger partial charge on any atom is 0.244 e. The van der Waals surface area contributed by atoms with Crippen LogP contribution in [0.1, 0.15) is 47.0 Å². The number of hydrogen-bond acceptors (Lipinski definition) is 5. The van der Waals surface area contributed by atoms with Gasteiger partial charge in [-0.1, -0.05) is 29.8 Å². The molecule has 7 nitrogen and oxygen atoms in total. The summed E-state index contributed by atoms with van der Waals surface area (Å²) in [6, 6.07) is -1.17. The Balaban J connectivity index is 2.04. The zero-order valence-electron chi connectivity index (χ0n) is 17.5. The summed E-state index contributed by atoms with van der Waals surface area (Å²) in [4.78, 5) is 41.7. The van der Waals surface area contributed by atoms with Crippen molar-refractivity contribution in [1.82, 2.24) is 15.5 Å². The molecule has 0 aromatic carbocycles. The van der Waals surface area contributed by atoms with E-state index in [4.69, 9.17) is 0 Å². The minimum atomic E-state index is -0.682. The molecule has 3 fully saturated rings. The van der Waals surface area contributed by atoms with E-state index >= 15 is 0 Å². The van der Waals surface area contributed by atoms with Gasteiger partial charge in [0.15, 0.2) is 0 Å². The van der Waals surface area contributed by atoms with Gasteiger partial charge in [-0.25, -0.2) is 0 Å². The minimum absolute atomic E-state index is 0.0356. The second kappa shape index (κ2) is 8.75. The Morgan fingerprint density at radius 3 is 2.59 bits per heavy atom. The Morgan fingerprint density at radius 1 is 1.34 bits per heavy atom. The maximum absolute atomic E-state index is 13.7. The average Bonchev–Trinajstić information content (AvgIpc) is 3.24. The van der Waals surface area contributed by atoms with Crippen LogP contribution >= 0.6 is 27.7 Å². The number of nitrogens with one attached hydrogen (secondary N) is 2. The number of hydrogen-bond donors (Lipinski definition) is 3. The van der Waals surface area contributed by atoms with Gasteiger partial charge in [-0.15, -0.1) is 11.8 Å². The number of likely N-dealkylation sites (tertiary alicyclic amines) is 1. The molecular weight excluding hydrogens is 458 g/mol. The predicted molar refractivity (Wildman–Crippen MR) is 117 cm³/mol. The van der Waals surface area contributed by atoms with E-state index in [1.165, 1.54) is 0 Å².